The summed E-state index contributed by atoms with van der Waals surface area (Å²) in [6.45, 7) is 0. The normalized spacial score (nSPS) is 10.9. The van der Waals surface area contributed by atoms with Gasteiger partial charge in [-0.1, -0.05) is 0 Å². The fourth-order valence-electron chi connectivity index (χ4n) is 3.90. The van der Waals surface area contributed by atoms with Crippen LogP contribution in [0.4, 0.5) is 0 Å². The summed E-state index contributed by atoms with van der Waals surface area (Å²) in [4.78, 5) is 0. The second-order valence-corrected chi connectivity index (χ2v) is 17.9. The number of rotatable bonds is 9. The molecule has 0 saturated carbocycles. The van der Waals surface area contributed by atoms with Gasteiger partial charge < -0.3 is 6.15 Å². The van der Waals surface area contributed by atoms with Crippen molar-refractivity contribution in [3.63, 3.8) is 0 Å². The average molecular weight is 635 g/mol. The SMILES string of the molecule is Cl.N.c1ccc(P([CH2][Pd]([CH2]P(c2ccccc2)c2ccccc2)[c]2ccccc2)c2ccccc2)cc1. The van der Waals surface area contributed by atoms with E-state index in [0.29, 0.717) is 0 Å². The third-order valence-corrected chi connectivity index (χ3v) is 18.6. The molecule has 5 heteroatoms. The van der Waals surface area contributed by atoms with Gasteiger partial charge in [-0.25, -0.2) is 0 Å². The van der Waals surface area contributed by atoms with E-state index in [1.165, 1.54) is 30.5 Å². The number of hydrogen-bond donors (Lipinski definition) is 1. The maximum absolute atomic E-state index is 2.38. The number of hydrogen-bond acceptors (Lipinski definition) is 1. The molecule has 0 heterocycles. The Kier molecular flexibility index (Phi) is 12.2. The Morgan fingerprint density at radius 2 is 0.622 bits per heavy atom. The van der Waals surface area contributed by atoms with E-state index in [2.05, 4.69) is 152 Å². The first-order chi connectivity index (χ1) is 17.4. The predicted octanol–water partition coefficient (Wildman–Crippen LogP) is 6.69. The second kappa shape index (κ2) is 15.3. The Morgan fingerprint density at radius 3 is 0.892 bits per heavy atom. The van der Waals surface area contributed by atoms with Gasteiger partial charge in [-0.15, -0.1) is 12.4 Å². The molecule has 37 heavy (non-hydrogen) atoms. The third kappa shape index (κ3) is 7.93. The minimum absolute atomic E-state index is 0. The van der Waals surface area contributed by atoms with E-state index in [1.807, 2.05) is 0 Å². The standard InChI is InChI=1S/2C13H12P.C6H5.ClH.H3N.Pd/c2*1-14(12-8-4-2-5-9-12)13-10-6-3-7-11-13;1-2-4-6-5-3-1;;;/h2*2-11H,1H2;1-5H;1H;1H3;. The van der Waals surface area contributed by atoms with Crippen LogP contribution in [0.2, 0.25) is 0 Å². The summed E-state index contributed by atoms with van der Waals surface area (Å²) in [7, 11) is -0.840. The van der Waals surface area contributed by atoms with Crippen molar-refractivity contribution in [2.75, 3.05) is 9.27 Å². The van der Waals surface area contributed by atoms with Gasteiger partial charge in [0.25, 0.3) is 0 Å². The van der Waals surface area contributed by atoms with Crippen LogP contribution in [-0.2, 0) is 16.8 Å². The Morgan fingerprint density at radius 1 is 0.378 bits per heavy atom. The summed E-state index contributed by atoms with van der Waals surface area (Å²) in [6.07, 6.45) is 0. The van der Waals surface area contributed by atoms with Crippen LogP contribution in [0.15, 0.2) is 152 Å². The summed E-state index contributed by atoms with van der Waals surface area (Å²) in [5, 5.41) is 5.94. The summed E-state index contributed by atoms with van der Waals surface area (Å²) in [6, 6.07) is 56.2. The van der Waals surface area contributed by atoms with Crippen LogP contribution in [0.5, 0.6) is 0 Å². The minimum atomic E-state index is -1.04. The predicted molar refractivity (Wildman–Crippen MR) is 166 cm³/mol. The average Bonchev–Trinajstić information content (AvgIpc) is 2.95. The Balaban J connectivity index is 0.00000190. The molecule has 0 aliphatic heterocycles. The van der Waals surface area contributed by atoms with E-state index in [0.717, 1.165) is 0 Å². The van der Waals surface area contributed by atoms with E-state index in [4.69, 9.17) is 0 Å². The molecule has 5 aromatic carbocycles. The van der Waals surface area contributed by atoms with Gasteiger partial charge in [0.15, 0.2) is 0 Å². The van der Waals surface area contributed by atoms with Gasteiger partial charge in [-0.3, -0.25) is 0 Å². The van der Waals surface area contributed by atoms with Crippen molar-refractivity contribution in [1.82, 2.24) is 6.15 Å². The van der Waals surface area contributed by atoms with Crippen molar-refractivity contribution in [1.29, 1.82) is 0 Å². The fourth-order valence-corrected chi connectivity index (χ4v) is 19.2. The van der Waals surface area contributed by atoms with Gasteiger partial charge in [-0.05, 0) is 0 Å². The monoisotopic (exact) mass is 634 g/mol. The zero-order valence-electron chi connectivity index (χ0n) is 20.7. The molecule has 0 fully saturated rings. The van der Waals surface area contributed by atoms with Crippen molar-refractivity contribution >= 4 is 53.5 Å². The zero-order chi connectivity index (χ0) is 23.7. The quantitative estimate of drug-likeness (QED) is 0.142. The number of halogens is 1. The third-order valence-electron chi connectivity index (χ3n) is 5.68. The maximum atomic E-state index is 2.38. The molecule has 193 valence electrons. The molecular weight excluding hydrogens is 602 g/mol. The first-order valence-electron chi connectivity index (χ1n) is 11.7. The van der Waals surface area contributed by atoms with Gasteiger partial charge in [0, 0.05) is 0 Å². The molecule has 0 radical (unpaired) electrons. The van der Waals surface area contributed by atoms with Crippen molar-refractivity contribution in [2.24, 2.45) is 0 Å². The molecule has 0 unspecified atom stereocenters. The molecule has 0 aliphatic carbocycles. The summed E-state index contributed by atoms with van der Waals surface area (Å²) in [5.74, 6) is 0. The van der Waals surface area contributed by atoms with E-state index in [1.54, 1.807) is 4.04 Å². The van der Waals surface area contributed by atoms with Gasteiger partial charge in [0.05, 0.1) is 0 Å². The summed E-state index contributed by atoms with van der Waals surface area (Å²) < 4.78 is 4.09. The van der Waals surface area contributed by atoms with Crippen LogP contribution in [0.1, 0.15) is 0 Å². The molecule has 1 nitrogen and oxygen atoms in total. The Labute approximate surface area is 236 Å². The van der Waals surface area contributed by atoms with E-state index >= 15 is 0 Å². The molecule has 0 amide bonds. The molecule has 0 aliphatic rings. The first kappa shape index (κ1) is 29.4. The van der Waals surface area contributed by atoms with Crippen molar-refractivity contribution < 1.29 is 16.8 Å². The van der Waals surface area contributed by atoms with Crippen LogP contribution in [-0.4, -0.2) is 9.27 Å². The van der Waals surface area contributed by atoms with Crippen molar-refractivity contribution in [3.8, 4) is 0 Å². The van der Waals surface area contributed by atoms with Crippen LogP contribution < -0.4 is 31.4 Å². The molecule has 3 N–H and O–H groups in total. The molecule has 5 aromatic rings. The summed E-state index contributed by atoms with van der Waals surface area (Å²) >= 11 is -1.04. The second-order valence-electron chi connectivity index (χ2n) is 8.04. The molecule has 5 rings (SSSR count). The van der Waals surface area contributed by atoms with Gasteiger partial charge >= 0.3 is 219 Å². The molecule has 0 aromatic heterocycles. The Bertz CT molecular complexity index is 1130. The van der Waals surface area contributed by atoms with Crippen LogP contribution in [0, 0.1) is 0 Å². The zero-order valence-corrected chi connectivity index (χ0v) is 24.8. The van der Waals surface area contributed by atoms with Crippen molar-refractivity contribution in [2.45, 2.75) is 0 Å². The molecule has 0 atom stereocenters. The van der Waals surface area contributed by atoms with Crippen molar-refractivity contribution in [3.05, 3.63) is 152 Å². The molecular formula is C32H33ClNP2Pd. The van der Waals surface area contributed by atoms with E-state index in [9.17, 15) is 0 Å². The van der Waals surface area contributed by atoms with Gasteiger partial charge in [-0.2, -0.15) is 0 Å². The summed E-state index contributed by atoms with van der Waals surface area (Å²) in [5.41, 5.74) is 0. The molecule has 0 spiro atoms. The van der Waals surface area contributed by atoms with E-state index < -0.39 is 32.6 Å². The topological polar surface area (TPSA) is 35.0 Å². The van der Waals surface area contributed by atoms with Crippen LogP contribution >= 0.6 is 28.3 Å². The number of benzene rings is 5. The molecule has 0 saturated heterocycles. The van der Waals surface area contributed by atoms with Crippen LogP contribution in [0.25, 0.3) is 0 Å². The van der Waals surface area contributed by atoms with Gasteiger partial charge in [0.1, 0.15) is 0 Å². The van der Waals surface area contributed by atoms with Crippen LogP contribution in [0.3, 0.4) is 0 Å². The molecule has 0 bridgehead atoms. The van der Waals surface area contributed by atoms with Gasteiger partial charge in [0.2, 0.25) is 0 Å². The van der Waals surface area contributed by atoms with E-state index in [-0.39, 0.29) is 18.6 Å². The Hall–Kier alpha value is -2.13. The first-order valence-corrected chi connectivity index (χ1v) is 17.7. The fraction of sp³-hybridized carbons (Fsp3) is 0.0625.